The lowest BCUT2D eigenvalue weighted by Crippen LogP contribution is -2.30. The second-order valence-corrected chi connectivity index (χ2v) is 5.22. The maximum Gasteiger partial charge on any atom is 0.328 e. The van der Waals surface area contributed by atoms with E-state index in [4.69, 9.17) is 10.2 Å². The van der Waals surface area contributed by atoms with Crippen LogP contribution in [0.2, 0.25) is 0 Å². The summed E-state index contributed by atoms with van der Waals surface area (Å²) in [6, 6.07) is 1.70. The van der Waals surface area contributed by atoms with Crippen LogP contribution in [0.15, 0.2) is 17.5 Å². The van der Waals surface area contributed by atoms with Crippen molar-refractivity contribution in [2.75, 3.05) is 0 Å². The van der Waals surface area contributed by atoms with E-state index < -0.39 is 16.2 Å². The van der Waals surface area contributed by atoms with Crippen LogP contribution >= 0.6 is 11.3 Å². The second-order valence-electron chi connectivity index (χ2n) is 2.84. The molecule has 0 aliphatic heterocycles. The van der Waals surface area contributed by atoms with Gasteiger partial charge >= 0.3 is 5.97 Å². The lowest BCUT2D eigenvalue weighted by atomic mass is 10.2. The first-order valence-electron chi connectivity index (χ1n) is 4.13. The van der Waals surface area contributed by atoms with E-state index >= 15 is 0 Å². The summed E-state index contributed by atoms with van der Waals surface area (Å²) < 4.78 is 23.5. The summed E-state index contributed by atoms with van der Waals surface area (Å²) in [5.74, 6) is -1.06. The second kappa shape index (κ2) is 5.21. The summed E-state index contributed by atoms with van der Waals surface area (Å²) >= 11 is 1.32. The topological polar surface area (TPSA) is 109 Å². The fraction of sp³-hybridized carbons (Fsp3) is 0.125. The van der Waals surface area contributed by atoms with Gasteiger partial charge in [-0.3, -0.25) is 0 Å². The van der Waals surface area contributed by atoms with Gasteiger partial charge in [-0.05, 0) is 23.1 Å². The number of carbonyl (C=O) groups is 1. The van der Waals surface area contributed by atoms with Gasteiger partial charge in [-0.25, -0.2) is 9.93 Å². The Bertz CT molecular complexity index is 504. The van der Waals surface area contributed by atoms with Crippen LogP contribution < -0.4 is 9.86 Å². The van der Waals surface area contributed by atoms with Crippen molar-refractivity contribution >= 4 is 33.6 Å². The van der Waals surface area contributed by atoms with Crippen molar-refractivity contribution in [1.82, 2.24) is 4.72 Å². The summed E-state index contributed by atoms with van der Waals surface area (Å²) in [5, 5.41) is 15.0. The Labute approximate surface area is 96.6 Å². The normalized spacial score (nSPS) is 12.1. The lowest BCUT2D eigenvalue weighted by molar-refractivity contribution is -0.131. The third-order valence-corrected chi connectivity index (χ3v) is 3.10. The maximum absolute atomic E-state index is 10.7. The Morgan fingerprint density at radius 2 is 2.31 bits per heavy atom. The van der Waals surface area contributed by atoms with Gasteiger partial charge in [0, 0.05) is 17.5 Å². The van der Waals surface area contributed by atoms with Gasteiger partial charge in [0.15, 0.2) is 0 Å². The smallest absolute Gasteiger partial charge is 0.328 e. The molecule has 6 nitrogen and oxygen atoms in total. The van der Waals surface area contributed by atoms with Crippen molar-refractivity contribution in [3.8, 4) is 0 Å². The van der Waals surface area contributed by atoms with Crippen molar-refractivity contribution in [2.45, 2.75) is 6.54 Å². The molecule has 0 fully saturated rings. The Morgan fingerprint density at radius 1 is 1.62 bits per heavy atom. The summed E-state index contributed by atoms with van der Waals surface area (Å²) in [6.07, 6.45) is 2.39. The standard InChI is InChI=1S/C8H10N2O4S2/c9-16(13,14)10-5-7-6(3-4-15-7)1-2-8(11)12/h1-4,10H,5H2,(H,11,12)(H2,9,13,14)/b2-1+. The number of nitrogens with two attached hydrogens (primary N) is 1. The highest BCUT2D eigenvalue weighted by molar-refractivity contribution is 7.87. The molecule has 0 saturated carbocycles. The minimum absolute atomic E-state index is 0.0514. The van der Waals surface area contributed by atoms with E-state index in [1.54, 1.807) is 11.4 Å². The fourth-order valence-electron chi connectivity index (χ4n) is 0.970. The van der Waals surface area contributed by atoms with Crippen LogP contribution in [-0.4, -0.2) is 19.5 Å². The first kappa shape index (κ1) is 12.8. The molecule has 1 heterocycles. The zero-order chi connectivity index (χ0) is 12.2. The molecule has 0 aromatic carbocycles. The molecule has 0 spiro atoms. The van der Waals surface area contributed by atoms with E-state index in [-0.39, 0.29) is 6.54 Å². The Balaban J connectivity index is 2.75. The van der Waals surface area contributed by atoms with Gasteiger partial charge in [-0.2, -0.15) is 13.1 Å². The predicted octanol–water partition coefficient (Wildman–Crippen LogP) is 0.139. The summed E-state index contributed by atoms with van der Waals surface area (Å²) in [4.78, 5) is 11.0. The Morgan fingerprint density at radius 3 is 2.88 bits per heavy atom. The van der Waals surface area contributed by atoms with Gasteiger partial charge in [-0.15, -0.1) is 11.3 Å². The number of carboxylic acids is 1. The zero-order valence-electron chi connectivity index (χ0n) is 8.08. The summed E-state index contributed by atoms with van der Waals surface area (Å²) in [6.45, 7) is 0.0514. The van der Waals surface area contributed by atoms with E-state index in [1.807, 2.05) is 0 Å². The molecule has 0 aliphatic carbocycles. The van der Waals surface area contributed by atoms with Gasteiger partial charge in [0.1, 0.15) is 0 Å². The van der Waals surface area contributed by atoms with Gasteiger partial charge in [0.25, 0.3) is 10.2 Å². The molecular formula is C8H10N2O4S2. The van der Waals surface area contributed by atoms with E-state index in [0.29, 0.717) is 10.4 Å². The van der Waals surface area contributed by atoms with Crippen LogP contribution in [0.4, 0.5) is 0 Å². The molecule has 16 heavy (non-hydrogen) atoms. The predicted molar refractivity (Wildman–Crippen MR) is 60.9 cm³/mol. The Kier molecular flexibility index (Phi) is 4.19. The van der Waals surface area contributed by atoms with Crippen molar-refractivity contribution in [2.24, 2.45) is 5.14 Å². The number of rotatable bonds is 5. The van der Waals surface area contributed by atoms with Crippen LogP contribution in [0.25, 0.3) is 6.08 Å². The van der Waals surface area contributed by atoms with Crippen LogP contribution in [0.5, 0.6) is 0 Å². The lowest BCUT2D eigenvalue weighted by Gasteiger charge is -2.00. The third-order valence-electron chi connectivity index (χ3n) is 1.62. The number of hydrogen-bond donors (Lipinski definition) is 3. The molecule has 1 aromatic rings. The molecule has 0 bridgehead atoms. The van der Waals surface area contributed by atoms with Crippen molar-refractivity contribution in [3.05, 3.63) is 28.0 Å². The average Bonchev–Trinajstić information content (AvgIpc) is 2.57. The van der Waals surface area contributed by atoms with E-state index in [2.05, 4.69) is 4.72 Å². The number of carboxylic acid groups (broad SMARTS) is 1. The van der Waals surface area contributed by atoms with E-state index in [9.17, 15) is 13.2 Å². The first-order chi connectivity index (χ1) is 7.38. The molecule has 0 radical (unpaired) electrons. The largest absolute Gasteiger partial charge is 0.478 e. The van der Waals surface area contributed by atoms with Gasteiger partial charge in [0.05, 0.1) is 0 Å². The average molecular weight is 262 g/mol. The molecule has 0 aliphatic rings. The molecule has 0 atom stereocenters. The molecule has 8 heteroatoms. The zero-order valence-corrected chi connectivity index (χ0v) is 9.72. The van der Waals surface area contributed by atoms with Crippen molar-refractivity contribution < 1.29 is 18.3 Å². The van der Waals surface area contributed by atoms with Crippen LogP contribution in [0, 0.1) is 0 Å². The molecular weight excluding hydrogens is 252 g/mol. The quantitative estimate of drug-likeness (QED) is 0.655. The molecule has 0 saturated heterocycles. The summed E-state index contributed by atoms with van der Waals surface area (Å²) in [5.41, 5.74) is 0.656. The van der Waals surface area contributed by atoms with Crippen molar-refractivity contribution in [1.29, 1.82) is 0 Å². The number of thiophene rings is 1. The number of hydrogen-bond acceptors (Lipinski definition) is 4. The molecule has 0 unspecified atom stereocenters. The van der Waals surface area contributed by atoms with Crippen LogP contribution in [0.1, 0.15) is 10.4 Å². The Hall–Kier alpha value is -1.22. The minimum atomic E-state index is -3.73. The molecule has 1 aromatic heterocycles. The SMILES string of the molecule is NS(=O)(=O)NCc1sccc1/C=C/C(=O)O. The van der Waals surface area contributed by atoms with Gasteiger partial charge in [-0.1, -0.05) is 0 Å². The van der Waals surface area contributed by atoms with Crippen LogP contribution in [-0.2, 0) is 21.5 Å². The molecule has 1 rings (SSSR count). The highest BCUT2D eigenvalue weighted by Crippen LogP contribution is 2.18. The number of nitrogens with one attached hydrogen (secondary N) is 1. The molecule has 0 amide bonds. The van der Waals surface area contributed by atoms with Gasteiger partial charge < -0.3 is 5.11 Å². The fourth-order valence-corrected chi connectivity index (χ4v) is 2.21. The maximum atomic E-state index is 10.7. The first-order valence-corrected chi connectivity index (χ1v) is 6.56. The van der Waals surface area contributed by atoms with E-state index in [1.165, 1.54) is 17.4 Å². The molecule has 88 valence electrons. The summed E-state index contributed by atoms with van der Waals surface area (Å²) in [7, 11) is -3.73. The minimum Gasteiger partial charge on any atom is -0.478 e. The molecule has 4 N–H and O–H groups in total. The number of aliphatic carboxylic acids is 1. The van der Waals surface area contributed by atoms with Crippen molar-refractivity contribution in [3.63, 3.8) is 0 Å². The highest BCUT2D eigenvalue weighted by atomic mass is 32.2. The van der Waals surface area contributed by atoms with E-state index in [0.717, 1.165) is 6.08 Å². The highest BCUT2D eigenvalue weighted by Gasteiger charge is 2.05. The monoisotopic (exact) mass is 262 g/mol. The van der Waals surface area contributed by atoms with Gasteiger partial charge in [0.2, 0.25) is 0 Å². The van der Waals surface area contributed by atoms with Crippen LogP contribution in [0.3, 0.4) is 0 Å². The third kappa shape index (κ3) is 4.53.